The Morgan fingerprint density at radius 1 is 1.36 bits per heavy atom. The van der Waals surface area contributed by atoms with Gasteiger partial charge in [0.25, 0.3) is 0 Å². The Bertz CT molecular complexity index is 847. The van der Waals surface area contributed by atoms with E-state index < -0.39 is 20.4 Å². The van der Waals surface area contributed by atoms with Gasteiger partial charge in [0.1, 0.15) is 10.5 Å². The van der Waals surface area contributed by atoms with Crippen molar-refractivity contribution < 1.29 is 22.0 Å². The van der Waals surface area contributed by atoms with Gasteiger partial charge in [0.15, 0.2) is 15.7 Å². The number of hydrogen-bond donors (Lipinski definition) is 0. The van der Waals surface area contributed by atoms with Crippen molar-refractivity contribution in [3.8, 4) is 5.88 Å². The van der Waals surface area contributed by atoms with Gasteiger partial charge in [-0.3, -0.25) is 4.90 Å². The Balaban J connectivity index is 1.45. The van der Waals surface area contributed by atoms with Crippen LogP contribution < -0.4 is 4.74 Å². The molecule has 0 aromatic carbocycles. The van der Waals surface area contributed by atoms with Crippen LogP contribution in [-0.2, 0) is 16.4 Å². The van der Waals surface area contributed by atoms with Crippen molar-refractivity contribution in [1.82, 2.24) is 9.88 Å². The highest BCUT2D eigenvalue weighted by Gasteiger charge is 2.61. The van der Waals surface area contributed by atoms with Gasteiger partial charge in [-0.1, -0.05) is 0 Å². The summed E-state index contributed by atoms with van der Waals surface area (Å²) in [6.07, 6.45) is 3.59. The zero-order valence-electron chi connectivity index (χ0n) is 13.6. The molecule has 1 spiro atoms. The van der Waals surface area contributed by atoms with Gasteiger partial charge in [-0.05, 0) is 30.7 Å². The lowest BCUT2D eigenvalue weighted by Crippen LogP contribution is -2.67. The fourth-order valence-corrected chi connectivity index (χ4v) is 6.26. The second-order valence-corrected chi connectivity index (χ2v) is 9.15. The van der Waals surface area contributed by atoms with Crippen molar-refractivity contribution >= 4 is 9.84 Å². The molecule has 1 atom stereocenters. The molecule has 6 nitrogen and oxygen atoms in total. The average molecular weight is 366 g/mol. The Labute approximate surface area is 145 Å². The van der Waals surface area contributed by atoms with Crippen molar-refractivity contribution in [2.45, 2.75) is 17.7 Å². The lowest BCUT2D eigenvalue weighted by atomic mass is 9.83. The number of aromatic nitrogens is 1. The fourth-order valence-electron chi connectivity index (χ4n) is 3.81. The van der Waals surface area contributed by atoms with Crippen molar-refractivity contribution in [2.24, 2.45) is 5.92 Å². The van der Waals surface area contributed by atoms with E-state index in [1.54, 1.807) is 6.26 Å². The number of hydrogen-bond acceptors (Lipinski definition) is 6. The maximum atomic E-state index is 13.7. The normalized spacial score (nSPS) is 24.3. The lowest BCUT2D eigenvalue weighted by molar-refractivity contribution is 0.0523. The minimum absolute atomic E-state index is 0.0753. The van der Waals surface area contributed by atoms with Crippen LogP contribution in [0.1, 0.15) is 12.2 Å². The molecule has 0 N–H and O–H groups in total. The maximum Gasteiger partial charge on any atom is 0.250 e. The van der Waals surface area contributed by atoms with E-state index in [-0.39, 0.29) is 24.2 Å². The highest BCUT2D eigenvalue weighted by Crippen LogP contribution is 2.45. The van der Waals surface area contributed by atoms with Gasteiger partial charge < -0.3 is 9.15 Å². The molecule has 2 fully saturated rings. The molecular weight excluding hydrogens is 347 g/mol. The van der Waals surface area contributed by atoms with Crippen LogP contribution in [0.4, 0.5) is 4.39 Å². The number of halogens is 1. The van der Waals surface area contributed by atoms with E-state index in [2.05, 4.69) is 9.88 Å². The molecule has 4 heterocycles. The molecular formula is C17H19FN2O4S. The molecule has 2 aromatic heterocycles. The number of pyridine rings is 1. The van der Waals surface area contributed by atoms with Gasteiger partial charge in [-0.2, -0.15) is 0 Å². The summed E-state index contributed by atoms with van der Waals surface area (Å²) in [5.41, 5.74) is 0. The molecule has 0 saturated carbocycles. The van der Waals surface area contributed by atoms with E-state index in [0.29, 0.717) is 26.1 Å². The lowest BCUT2D eigenvalue weighted by Gasteiger charge is -2.49. The first-order valence-corrected chi connectivity index (χ1v) is 9.86. The fraction of sp³-hybridized carbons (Fsp3) is 0.471. The van der Waals surface area contributed by atoms with Crippen LogP contribution in [0.2, 0.25) is 0 Å². The van der Waals surface area contributed by atoms with E-state index in [1.165, 1.54) is 18.3 Å². The summed E-state index contributed by atoms with van der Waals surface area (Å²) in [6, 6.07) is 6.45. The van der Waals surface area contributed by atoms with Gasteiger partial charge in [0.2, 0.25) is 5.88 Å². The van der Waals surface area contributed by atoms with Crippen LogP contribution in [0.5, 0.6) is 5.88 Å². The summed E-state index contributed by atoms with van der Waals surface area (Å²) >= 11 is 0. The third-order valence-electron chi connectivity index (χ3n) is 5.19. The highest BCUT2D eigenvalue weighted by atomic mass is 32.2. The number of furan rings is 1. The van der Waals surface area contributed by atoms with E-state index >= 15 is 0 Å². The smallest absolute Gasteiger partial charge is 0.250 e. The van der Waals surface area contributed by atoms with Gasteiger partial charge in [-0.25, -0.2) is 17.8 Å². The third-order valence-corrected chi connectivity index (χ3v) is 7.79. The van der Waals surface area contributed by atoms with E-state index in [4.69, 9.17) is 9.15 Å². The van der Waals surface area contributed by atoms with Gasteiger partial charge in [0, 0.05) is 25.2 Å². The summed E-state index contributed by atoms with van der Waals surface area (Å²) in [5.74, 6) is 0.194. The van der Waals surface area contributed by atoms with Gasteiger partial charge in [-0.15, -0.1) is 0 Å². The zero-order chi connectivity index (χ0) is 17.5. The summed E-state index contributed by atoms with van der Waals surface area (Å²) in [5, 5.41) is 0. The minimum atomic E-state index is -3.19. The van der Waals surface area contributed by atoms with Crippen LogP contribution in [0.3, 0.4) is 0 Å². The average Bonchev–Trinajstić information content (AvgIpc) is 3.13. The largest absolute Gasteiger partial charge is 0.475 e. The maximum absolute atomic E-state index is 13.7. The predicted octanol–water partition coefficient (Wildman–Crippen LogP) is 1.88. The van der Waals surface area contributed by atoms with Crippen molar-refractivity contribution in [3.05, 3.63) is 48.3 Å². The van der Waals surface area contributed by atoms with E-state index in [9.17, 15) is 12.8 Å². The molecule has 1 unspecified atom stereocenters. The monoisotopic (exact) mass is 366 g/mol. The molecule has 2 aromatic rings. The Morgan fingerprint density at radius 3 is 2.92 bits per heavy atom. The highest BCUT2D eigenvalue weighted by molar-refractivity contribution is 7.93. The molecule has 8 heteroatoms. The molecule has 0 amide bonds. The first-order chi connectivity index (χ1) is 12.0. The van der Waals surface area contributed by atoms with Crippen LogP contribution in [0, 0.1) is 11.7 Å². The number of sulfone groups is 1. The van der Waals surface area contributed by atoms with E-state index in [1.807, 2.05) is 12.1 Å². The molecule has 4 rings (SSSR count). The molecule has 0 radical (unpaired) electrons. The third kappa shape index (κ3) is 2.83. The first kappa shape index (κ1) is 16.5. The molecule has 2 aliphatic rings. The first-order valence-electron chi connectivity index (χ1n) is 8.20. The number of ether oxygens (including phenoxy) is 1. The molecule has 25 heavy (non-hydrogen) atoms. The number of nitrogens with zero attached hydrogens (tertiary/aromatic N) is 2. The molecule has 2 saturated heterocycles. The standard InChI is InChI=1S/C17H19FN2O4S/c18-15-4-1-6-19-16(15)24-10-13-5-8-25(21,22)17(13)11-20(12-17)9-14-3-2-7-23-14/h1-4,6-7,13H,5,8-12H2. The van der Waals surface area contributed by atoms with Crippen LogP contribution in [-0.4, -0.2) is 48.5 Å². The minimum Gasteiger partial charge on any atom is -0.475 e. The number of rotatable bonds is 5. The van der Waals surface area contributed by atoms with Gasteiger partial charge >= 0.3 is 0 Å². The predicted molar refractivity (Wildman–Crippen MR) is 88.3 cm³/mol. The topological polar surface area (TPSA) is 72.6 Å². The van der Waals surface area contributed by atoms with Crippen molar-refractivity contribution in [1.29, 1.82) is 0 Å². The molecule has 0 aliphatic carbocycles. The van der Waals surface area contributed by atoms with Crippen molar-refractivity contribution in [2.75, 3.05) is 25.4 Å². The Kier molecular flexibility index (Phi) is 4.04. The molecule has 134 valence electrons. The molecule has 0 bridgehead atoms. The van der Waals surface area contributed by atoms with Crippen LogP contribution >= 0.6 is 0 Å². The summed E-state index contributed by atoms with van der Waals surface area (Å²) < 4.78 is 48.9. The Morgan fingerprint density at radius 2 is 2.20 bits per heavy atom. The SMILES string of the molecule is O=S1(=O)CCC(COc2ncccc2F)C12CN(Cc1ccco1)C2. The zero-order valence-corrected chi connectivity index (χ0v) is 14.4. The summed E-state index contributed by atoms with van der Waals surface area (Å²) in [7, 11) is -3.19. The Hall–Kier alpha value is -1.93. The number of likely N-dealkylation sites (tertiary alicyclic amines) is 1. The van der Waals surface area contributed by atoms with E-state index in [0.717, 1.165) is 5.76 Å². The van der Waals surface area contributed by atoms with Crippen LogP contribution in [0.15, 0.2) is 41.1 Å². The van der Waals surface area contributed by atoms with Gasteiger partial charge in [0.05, 0.1) is 25.2 Å². The molecule has 2 aliphatic heterocycles. The van der Waals surface area contributed by atoms with Crippen LogP contribution in [0.25, 0.3) is 0 Å². The van der Waals surface area contributed by atoms with Crippen molar-refractivity contribution in [3.63, 3.8) is 0 Å². The second-order valence-electron chi connectivity index (χ2n) is 6.70. The summed E-state index contributed by atoms with van der Waals surface area (Å²) in [6.45, 7) is 1.65. The quantitative estimate of drug-likeness (QED) is 0.805. The summed E-state index contributed by atoms with van der Waals surface area (Å²) in [4.78, 5) is 5.91. The second kappa shape index (κ2) is 6.10.